The van der Waals surface area contributed by atoms with Crippen LogP contribution in [-0.4, -0.2) is 69.8 Å². The Hall–Kier alpha value is -2.34. The predicted molar refractivity (Wildman–Crippen MR) is 98.0 cm³/mol. The van der Waals surface area contributed by atoms with Crippen molar-refractivity contribution in [2.45, 2.75) is 51.4 Å². The fourth-order valence-electron chi connectivity index (χ4n) is 1.92. The quantitative estimate of drug-likeness (QED) is 0.191. The highest BCUT2D eigenvalue weighted by molar-refractivity contribution is 7.80. The summed E-state index contributed by atoms with van der Waals surface area (Å²) in [5.74, 6) is -5.51. The molecule has 0 aliphatic rings. The molecule has 0 aromatic carbocycles. The average Bonchev–Trinajstić information content (AvgIpc) is 2.56. The van der Waals surface area contributed by atoms with E-state index in [4.69, 9.17) is 15.9 Å². The number of hydrogen-bond donors (Lipinski definition) is 7. The Morgan fingerprint density at radius 2 is 1.48 bits per heavy atom. The second-order valence-corrected chi connectivity index (χ2v) is 6.61. The third-order valence-electron chi connectivity index (χ3n) is 3.53. The number of carbonyl (C=O) groups excluding carboxylic acids is 3. The molecule has 27 heavy (non-hydrogen) atoms. The second kappa shape index (κ2) is 11.4. The lowest BCUT2D eigenvalue weighted by Gasteiger charge is -2.24. The molecule has 0 radical (unpaired) electrons. The van der Waals surface area contributed by atoms with Gasteiger partial charge in [0.15, 0.2) is 0 Å². The van der Waals surface area contributed by atoms with Gasteiger partial charge in [-0.05, 0) is 12.8 Å². The summed E-state index contributed by atoms with van der Waals surface area (Å²) in [6, 6.07) is -4.82. The van der Waals surface area contributed by atoms with Crippen LogP contribution in [0, 0.1) is 5.92 Å². The van der Waals surface area contributed by atoms with Crippen LogP contribution in [0.3, 0.4) is 0 Å². The van der Waals surface area contributed by atoms with Crippen LogP contribution in [0.5, 0.6) is 0 Å². The van der Waals surface area contributed by atoms with Crippen LogP contribution in [0.1, 0.15) is 27.2 Å². The largest absolute Gasteiger partial charge is 0.481 e. The molecular weight excluding hydrogens is 380 g/mol. The Labute approximate surface area is 161 Å². The van der Waals surface area contributed by atoms with Gasteiger partial charge in [-0.1, -0.05) is 13.8 Å². The molecule has 0 aromatic rings. The van der Waals surface area contributed by atoms with E-state index in [1.54, 1.807) is 13.8 Å². The number of nitrogens with two attached hydrogens (primary N) is 1. The molecule has 0 bridgehead atoms. The lowest BCUT2D eigenvalue weighted by atomic mass is 10.0. The zero-order chi connectivity index (χ0) is 21.3. The highest BCUT2D eigenvalue weighted by atomic mass is 32.1. The number of aliphatic carboxylic acids is 2. The van der Waals surface area contributed by atoms with E-state index in [1.165, 1.54) is 6.92 Å². The molecule has 11 nitrogen and oxygen atoms in total. The highest BCUT2D eigenvalue weighted by Gasteiger charge is 2.31. The topological polar surface area (TPSA) is 188 Å². The molecule has 0 aromatic heterocycles. The van der Waals surface area contributed by atoms with Crippen molar-refractivity contribution >= 4 is 42.3 Å². The van der Waals surface area contributed by atoms with E-state index in [9.17, 15) is 24.0 Å². The molecule has 0 aliphatic heterocycles. The second-order valence-electron chi connectivity index (χ2n) is 6.25. The van der Waals surface area contributed by atoms with E-state index < -0.39 is 66.2 Å². The number of amides is 3. The third-order valence-corrected chi connectivity index (χ3v) is 3.92. The number of nitrogens with one attached hydrogen (secondary N) is 3. The fourth-order valence-corrected chi connectivity index (χ4v) is 2.08. The summed E-state index contributed by atoms with van der Waals surface area (Å²) < 4.78 is 0. The normalized spacial score (nSPS) is 15.2. The van der Waals surface area contributed by atoms with Gasteiger partial charge in [0.05, 0.1) is 12.5 Å². The van der Waals surface area contributed by atoms with Crippen LogP contribution < -0.4 is 21.7 Å². The minimum absolute atomic E-state index is 0.0516. The van der Waals surface area contributed by atoms with Crippen molar-refractivity contribution in [2.24, 2.45) is 11.7 Å². The summed E-state index contributed by atoms with van der Waals surface area (Å²) in [6.45, 7) is 4.45. The molecule has 0 saturated heterocycles. The molecule has 0 heterocycles. The molecule has 0 saturated carbocycles. The van der Waals surface area contributed by atoms with Gasteiger partial charge in [-0.2, -0.15) is 12.6 Å². The summed E-state index contributed by atoms with van der Waals surface area (Å²) >= 11 is 3.86. The lowest BCUT2D eigenvalue weighted by Crippen LogP contribution is -2.57. The Kier molecular flexibility index (Phi) is 10.4. The van der Waals surface area contributed by atoms with Crippen molar-refractivity contribution in [3.8, 4) is 0 Å². The molecule has 4 atom stereocenters. The highest BCUT2D eigenvalue weighted by Crippen LogP contribution is 2.04. The van der Waals surface area contributed by atoms with Gasteiger partial charge in [0.25, 0.3) is 0 Å². The van der Waals surface area contributed by atoms with E-state index in [0.29, 0.717) is 0 Å². The molecule has 154 valence electrons. The molecule has 0 rings (SSSR count). The zero-order valence-corrected chi connectivity index (χ0v) is 16.2. The minimum Gasteiger partial charge on any atom is -0.481 e. The summed E-state index contributed by atoms with van der Waals surface area (Å²) in [6.07, 6.45) is -0.765. The molecule has 12 heteroatoms. The van der Waals surface area contributed by atoms with Gasteiger partial charge in [-0.25, -0.2) is 4.79 Å². The monoisotopic (exact) mass is 406 g/mol. The van der Waals surface area contributed by atoms with Crippen molar-refractivity contribution < 1.29 is 34.2 Å². The van der Waals surface area contributed by atoms with Crippen molar-refractivity contribution in [1.29, 1.82) is 0 Å². The number of carboxylic acids is 2. The summed E-state index contributed by atoms with van der Waals surface area (Å²) in [4.78, 5) is 58.3. The lowest BCUT2D eigenvalue weighted by molar-refractivity contribution is -0.144. The van der Waals surface area contributed by atoms with E-state index in [-0.39, 0.29) is 5.75 Å². The van der Waals surface area contributed by atoms with Gasteiger partial charge in [-0.15, -0.1) is 0 Å². The van der Waals surface area contributed by atoms with Crippen molar-refractivity contribution in [3.05, 3.63) is 0 Å². The molecule has 7 N–H and O–H groups in total. The molecule has 0 aliphatic carbocycles. The van der Waals surface area contributed by atoms with E-state index in [1.807, 2.05) is 0 Å². The van der Waals surface area contributed by atoms with E-state index in [2.05, 4.69) is 28.6 Å². The van der Waals surface area contributed by atoms with Gasteiger partial charge < -0.3 is 31.9 Å². The zero-order valence-electron chi connectivity index (χ0n) is 15.3. The summed E-state index contributed by atoms with van der Waals surface area (Å²) in [5, 5.41) is 24.8. The van der Waals surface area contributed by atoms with Crippen molar-refractivity contribution in [2.75, 3.05) is 5.75 Å². The molecule has 4 unspecified atom stereocenters. The van der Waals surface area contributed by atoms with Gasteiger partial charge in [0, 0.05) is 5.75 Å². The first-order valence-corrected chi connectivity index (χ1v) is 8.76. The fraction of sp³-hybridized carbons (Fsp3) is 0.667. The van der Waals surface area contributed by atoms with E-state index >= 15 is 0 Å². The van der Waals surface area contributed by atoms with Crippen molar-refractivity contribution in [3.63, 3.8) is 0 Å². The maximum atomic E-state index is 12.3. The van der Waals surface area contributed by atoms with Crippen LogP contribution in [0.2, 0.25) is 0 Å². The van der Waals surface area contributed by atoms with Gasteiger partial charge in [0.2, 0.25) is 17.7 Å². The van der Waals surface area contributed by atoms with Gasteiger partial charge in [-0.3, -0.25) is 19.2 Å². The maximum Gasteiger partial charge on any atom is 0.326 e. The van der Waals surface area contributed by atoms with Crippen LogP contribution in [0.4, 0.5) is 0 Å². The molecule has 3 amide bonds. The predicted octanol–water partition coefficient (Wildman–Crippen LogP) is -2.07. The first-order chi connectivity index (χ1) is 12.4. The number of hydrogen-bond acceptors (Lipinski definition) is 7. The number of carboxylic acid groups (broad SMARTS) is 2. The summed E-state index contributed by atoms with van der Waals surface area (Å²) in [7, 11) is 0. The standard InChI is InChI=1S/C15H26N4O7S/c1-6(2)11(15(25)26)19-14(24)9(4-10(20)21)18-12(22)7(3)17-13(23)8(16)5-27/h6-9,11,27H,4-5,16H2,1-3H3,(H,17,23)(H,18,22)(H,19,24)(H,20,21)(H,25,26). The first kappa shape index (κ1) is 24.7. The van der Waals surface area contributed by atoms with Crippen LogP contribution in [0.25, 0.3) is 0 Å². The van der Waals surface area contributed by atoms with Crippen LogP contribution in [0.15, 0.2) is 0 Å². The number of carbonyl (C=O) groups is 5. The molecular formula is C15H26N4O7S. The Bertz CT molecular complexity index is 585. The molecule has 0 spiro atoms. The van der Waals surface area contributed by atoms with Crippen LogP contribution >= 0.6 is 12.6 Å². The Morgan fingerprint density at radius 1 is 0.926 bits per heavy atom. The van der Waals surface area contributed by atoms with Crippen molar-refractivity contribution in [1.82, 2.24) is 16.0 Å². The first-order valence-electron chi connectivity index (χ1n) is 8.12. The van der Waals surface area contributed by atoms with Crippen LogP contribution in [-0.2, 0) is 24.0 Å². The number of thiol groups is 1. The smallest absolute Gasteiger partial charge is 0.326 e. The Balaban J connectivity index is 5.11. The maximum absolute atomic E-state index is 12.3. The SMILES string of the molecule is CC(NC(=O)C(N)CS)C(=O)NC(CC(=O)O)C(=O)NC(C(=O)O)C(C)C. The third kappa shape index (κ3) is 8.73. The number of rotatable bonds is 11. The minimum atomic E-state index is -1.52. The van der Waals surface area contributed by atoms with E-state index in [0.717, 1.165) is 0 Å². The average molecular weight is 406 g/mol. The summed E-state index contributed by atoms with van der Waals surface area (Å²) in [5.41, 5.74) is 5.47. The Morgan fingerprint density at radius 3 is 1.89 bits per heavy atom. The van der Waals surface area contributed by atoms with Gasteiger partial charge >= 0.3 is 11.9 Å². The van der Waals surface area contributed by atoms with Gasteiger partial charge in [0.1, 0.15) is 18.1 Å². The molecule has 0 fully saturated rings.